The molecule has 0 aliphatic rings. The van der Waals surface area contributed by atoms with Crippen molar-refractivity contribution in [3.05, 3.63) is 87.9 Å². The molecule has 1 amide bonds. The van der Waals surface area contributed by atoms with E-state index in [0.29, 0.717) is 21.0 Å². The first-order chi connectivity index (χ1) is 15.4. The molecule has 0 saturated carbocycles. The third-order valence-electron chi connectivity index (χ3n) is 4.84. The molecule has 1 heterocycles. The molecule has 0 fully saturated rings. The first-order valence-electron chi connectivity index (χ1n) is 9.88. The largest absolute Gasteiger partial charge is 0.325 e. The number of nitrogens with one attached hydrogen (secondary N) is 1. The van der Waals surface area contributed by atoms with Crippen LogP contribution in [0.4, 0.5) is 5.69 Å². The Morgan fingerprint density at radius 3 is 2.47 bits per heavy atom. The lowest BCUT2D eigenvalue weighted by molar-refractivity contribution is -0.113. The third-order valence-corrected chi connectivity index (χ3v) is 6.33. The minimum absolute atomic E-state index is 0.141. The topological polar surface area (TPSA) is 59.8 Å². The molecule has 4 aromatic rings. The number of halogens is 2. The standard InChI is InChI=1S/C24H20Cl2N4OS/c1-15-7-10-18(11-8-15)30-23(19-5-3-4-6-20(19)26)28-29-24(30)32-14-22(31)27-21-12-9-17(25)13-16(21)2/h3-13H,14H2,1-2H3,(H,27,31). The van der Waals surface area contributed by atoms with Crippen molar-refractivity contribution in [1.29, 1.82) is 0 Å². The van der Waals surface area contributed by atoms with Crippen molar-refractivity contribution in [2.24, 2.45) is 0 Å². The van der Waals surface area contributed by atoms with Crippen LogP contribution in [0.25, 0.3) is 17.1 Å². The van der Waals surface area contributed by atoms with E-state index in [9.17, 15) is 4.79 Å². The SMILES string of the molecule is Cc1ccc(-n2c(SCC(=O)Nc3ccc(Cl)cc3C)nnc2-c2ccccc2Cl)cc1. The van der Waals surface area contributed by atoms with Gasteiger partial charge in [-0.15, -0.1) is 10.2 Å². The number of aryl methyl sites for hydroxylation is 2. The first-order valence-corrected chi connectivity index (χ1v) is 11.6. The van der Waals surface area contributed by atoms with Gasteiger partial charge in [-0.05, 0) is 61.9 Å². The van der Waals surface area contributed by atoms with E-state index in [1.165, 1.54) is 11.8 Å². The van der Waals surface area contributed by atoms with E-state index in [2.05, 4.69) is 15.5 Å². The fourth-order valence-electron chi connectivity index (χ4n) is 3.19. The predicted octanol–water partition coefficient (Wildman–Crippen LogP) is 6.59. The summed E-state index contributed by atoms with van der Waals surface area (Å²) in [5, 5.41) is 13.5. The highest BCUT2D eigenvalue weighted by atomic mass is 35.5. The van der Waals surface area contributed by atoms with E-state index in [4.69, 9.17) is 23.2 Å². The van der Waals surface area contributed by atoms with Crippen molar-refractivity contribution in [3.63, 3.8) is 0 Å². The van der Waals surface area contributed by atoms with Crippen molar-refractivity contribution < 1.29 is 4.79 Å². The lowest BCUT2D eigenvalue weighted by Crippen LogP contribution is -2.15. The predicted molar refractivity (Wildman–Crippen MR) is 132 cm³/mol. The highest BCUT2D eigenvalue weighted by Crippen LogP contribution is 2.32. The number of hydrogen-bond donors (Lipinski definition) is 1. The molecule has 0 spiro atoms. The van der Waals surface area contributed by atoms with Crippen LogP contribution >= 0.6 is 35.0 Å². The van der Waals surface area contributed by atoms with Crippen LogP contribution in [-0.2, 0) is 4.79 Å². The number of hydrogen-bond acceptors (Lipinski definition) is 4. The van der Waals surface area contributed by atoms with E-state index in [0.717, 1.165) is 28.1 Å². The Bertz CT molecular complexity index is 1270. The average molecular weight is 483 g/mol. The number of benzene rings is 3. The summed E-state index contributed by atoms with van der Waals surface area (Å²) in [4.78, 5) is 12.6. The van der Waals surface area contributed by atoms with Gasteiger partial charge in [-0.1, -0.05) is 64.8 Å². The molecule has 162 valence electrons. The van der Waals surface area contributed by atoms with Crippen molar-refractivity contribution >= 4 is 46.6 Å². The maximum atomic E-state index is 12.6. The third kappa shape index (κ3) is 4.99. The molecule has 3 aromatic carbocycles. The molecule has 5 nitrogen and oxygen atoms in total. The average Bonchev–Trinajstić information content (AvgIpc) is 3.19. The van der Waals surface area contributed by atoms with Crippen LogP contribution < -0.4 is 5.32 Å². The Morgan fingerprint density at radius 1 is 1.00 bits per heavy atom. The summed E-state index contributed by atoms with van der Waals surface area (Å²) in [6.07, 6.45) is 0. The molecular weight excluding hydrogens is 463 g/mol. The number of thioether (sulfide) groups is 1. The summed E-state index contributed by atoms with van der Waals surface area (Å²) >= 11 is 13.7. The minimum atomic E-state index is -0.141. The summed E-state index contributed by atoms with van der Waals surface area (Å²) < 4.78 is 1.92. The minimum Gasteiger partial charge on any atom is -0.325 e. The summed E-state index contributed by atoms with van der Waals surface area (Å²) in [6, 6.07) is 20.9. The van der Waals surface area contributed by atoms with E-state index in [1.807, 2.05) is 73.0 Å². The van der Waals surface area contributed by atoms with Gasteiger partial charge in [0.15, 0.2) is 11.0 Å². The number of nitrogens with zero attached hydrogens (tertiary/aromatic N) is 3. The number of aromatic nitrogens is 3. The maximum Gasteiger partial charge on any atom is 0.234 e. The highest BCUT2D eigenvalue weighted by Gasteiger charge is 2.19. The van der Waals surface area contributed by atoms with Crippen molar-refractivity contribution in [2.75, 3.05) is 11.1 Å². The van der Waals surface area contributed by atoms with Crippen LogP contribution in [0.2, 0.25) is 10.0 Å². The molecule has 1 N–H and O–H groups in total. The monoisotopic (exact) mass is 482 g/mol. The van der Waals surface area contributed by atoms with Crippen LogP contribution in [0.5, 0.6) is 0 Å². The van der Waals surface area contributed by atoms with Gasteiger partial charge in [-0.25, -0.2) is 0 Å². The molecule has 1 aromatic heterocycles. The normalized spacial score (nSPS) is 10.9. The lowest BCUT2D eigenvalue weighted by atomic mass is 10.2. The van der Waals surface area contributed by atoms with E-state index >= 15 is 0 Å². The van der Waals surface area contributed by atoms with Crippen LogP contribution in [0.15, 0.2) is 71.9 Å². The molecule has 4 rings (SSSR count). The first kappa shape index (κ1) is 22.4. The van der Waals surface area contributed by atoms with Gasteiger partial charge in [0.1, 0.15) is 0 Å². The van der Waals surface area contributed by atoms with E-state index in [1.54, 1.807) is 12.1 Å². The van der Waals surface area contributed by atoms with Crippen molar-refractivity contribution in [2.45, 2.75) is 19.0 Å². The zero-order valence-corrected chi connectivity index (χ0v) is 19.8. The highest BCUT2D eigenvalue weighted by molar-refractivity contribution is 7.99. The second-order valence-corrected chi connectivity index (χ2v) is 9.04. The van der Waals surface area contributed by atoms with Gasteiger partial charge < -0.3 is 5.32 Å². The number of carbonyl (C=O) groups is 1. The molecule has 0 bridgehead atoms. The lowest BCUT2D eigenvalue weighted by Gasteiger charge is -2.12. The van der Waals surface area contributed by atoms with Gasteiger partial charge in [0.2, 0.25) is 5.91 Å². The van der Waals surface area contributed by atoms with Crippen LogP contribution in [0, 0.1) is 13.8 Å². The molecular formula is C24H20Cl2N4OS. The molecule has 32 heavy (non-hydrogen) atoms. The Balaban J connectivity index is 1.61. The molecule has 8 heteroatoms. The summed E-state index contributed by atoms with van der Waals surface area (Å²) in [7, 11) is 0. The summed E-state index contributed by atoms with van der Waals surface area (Å²) in [6.45, 7) is 3.93. The van der Waals surface area contributed by atoms with Gasteiger partial charge in [-0.2, -0.15) is 0 Å². The van der Waals surface area contributed by atoms with Gasteiger partial charge >= 0.3 is 0 Å². The molecule has 0 aliphatic heterocycles. The summed E-state index contributed by atoms with van der Waals surface area (Å²) in [5.74, 6) is 0.656. The molecule has 0 aliphatic carbocycles. The quantitative estimate of drug-likeness (QED) is 0.315. The van der Waals surface area contributed by atoms with Crippen molar-refractivity contribution in [1.82, 2.24) is 14.8 Å². The second kappa shape index (κ2) is 9.77. The summed E-state index contributed by atoms with van der Waals surface area (Å²) in [5.41, 5.74) is 4.45. The number of carbonyl (C=O) groups excluding carboxylic acids is 1. The Hall–Kier alpha value is -2.80. The molecule has 0 atom stereocenters. The number of rotatable bonds is 6. The van der Waals surface area contributed by atoms with Crippen LogP contribution in [0.3, 0.4) is 0 Å². The van der Waals surface area contributed by atoms with Crippen LogP contribution in [0.1, 0.15) is 11.1 Å². The maximum absolute atomic E-state index is 12.6. The Morgan fingerprint density at radius 2 is 1.75 bits per heavy atom. The Labute approximate surface area is 200 Å². The second-order valence-electron chi connectivity index (χ2n) is 7.25. The van der Waals surface area contributed by atoms with Gasteiger partial charge in [0.05, 0.1) is 10.8 Å². The van der Waals surface area contributed by atoms with Gasteiger partial charge in [-0.3, -0.25) is 9.36 Å². The van der Waals surface area contributed by atoms with E-state index in [-0.39, 0.29) is 11.7 Å². The molecule has 0 saturated heterocycles. The Kier molecular flexibility index (Phi) is 6.84. The van der Waals surface area contributed by atoms with Crippen molar-refractivity contribution in [3.8, 4) is 17.1 Å². The van der Waals surface area contributed by atoms with Gasteiger partial charge in [0.25, 0.3) is 0 Å². The fourth-order valence-corrected chi connectivity index (χ4v) is 4.39. The zero-order valence-electron chi connectivity index (χ0n) is 17.5. The molecule has 0 radical (unpaired) electrons. The number of anilines is 1. The van der Waals surface area contributed by atoms with Crippen LogP contribution in [-0.4, -0.2) is 26.4 Å². The number of amides is 1. The molecule has 0 unspecified atom stereocenters. The van der Waals surface area contributed by atoms with E-state index < -0.39 is 0 Å². The smallest absolute Gasteiger partial charge is 0.234 e. The zero-order chi connectivity index (χ0) is 22.7. The van der Waals surface area contributed by atoms with Gasteiger partial charge in [0, 0.05) is 22.0 Å². The fraction of sp³-hybridized carbons (Fsp3) is 0.125.